The standard InChI is InChI=1S/C19H17N3O3/c1-24-15-9-7-14(8-10-15)17-11-12-20-19(21-17)22-18(23)13-25-16-5-3-2-4-6-16/h2-12H,13H2,1H3,(H,20,21,22,23). The number of rotatable bonds is 6. The van der Waals surface area contributed by atoms with Crippen LogP contribution in [0, 0.1) is 0 Å². The molecule has 0 aliphatic carbocycles. The first-order chi connectivity index (χ1) is 12.2. The van der Waals surface area contributed by atoms with Gasteiger partial charge in [0, 0.05) is 11.8 Å². The van der Waals surface area contributed by atoms with E-state index in [9.17, 15) is 4.79 Å². The van der Waals surface area contributed by atoms with Gasteiger partial charge in [0.25, 0.3) is 5.91 Å². The lowest BCUT2D eigenvalue weighted by atomic mass is 10.1. The van der Waals surface area contributed by atoms with E-state index in [1.165, 1.54) is 0 Å². The summed E-state index contributed by atoms with van der Waals surface area (Å²) < 4.78 is 10.5. The average Bonchev–Trinajstić information content (AvgIpc) is 2.67. The molecule has 0 spiro atoms. The van der Waals surface area contributed by atoms with Gasteiger partial charge in [-0.15, -0.1) is 0 Å². The third-order valence-corrected chi connectivity index (χ3v) is 3.41. The summed E-state index contributed by atoms with van der Waals surface area (Å²) in [6.45, 7) is -0.111. The third kappa shape index (κ3) is 4.54. The van der Waals surface area contributed by atoms with Crippen LogP contribution in [0.5, 0.6) is 11.5 Å². The van der Waals surface area contributed by atoms with E-state index < -0.39 is 0 Å². The lowest BCUT2D eigenvalue weighted by molar-refractivity contribution is -0.118. The predicted octanol–water partition coefficient (Wildman–Crippen LogP) is 3.17. The minimum Gasteiger partial charge on any atom is -0.497 e. The molecule has 3 rings (SSSR count). The summed E-state index contributed by atoms with van der Waals surface area (Å²) in [5, 5.41) is 2.63. The van der Waals surface area contributed by atoms with Crippen molar-refractivity contribution in [2.24, 2.45) is 0 Å². The van der Waals surface area contributed by atoms with Crippen molar-refractivity contribution in [2.45, 2.75) is 0 Å². The van der Waals surface area contributed by atoms with Gasteiger partial charge in [0.05, 0.1) is 12.8 Å². The fourth-order valence-corrected chi connectivity index (χ4v) is 2.17. The molecule has 0 unspecified atom stereocenters. The minimum atomic E-state index is -0.323. The molecule has 0 aliphatic rings. The highest BCUT2D eigenvalue weighted by molar-refractivity contribution is 5.90. The molecule has 0 aliphatic heterocycles. The van der Waals surface area contributed by atoms with Gasteiger partial charge in [0.15, 0.2) is 6.61 Å². The Hall–Kier alpha value is -3.41. The fourth-order valence-electron chi connectivity index (χ4n) is 2.17. The van der Waals surface area contributed by atoms with Crippen LogP contribution < -0.4 is 14.8 Å². The lowest BCUT2D eigenvalue weighted by Gasteiger charge is -2.08. The normalized spacial score (nSPS) is 10.1. The molecule has 6 heteroatoms. The zero-order valence-electron chi connectivity index (χ0n) is 13.7. The van der Waals surface area contributed by atoms with Crippen LogP contribution in [-0.2, 0) is 4.79 Å². The largest absolute Gasteiger partial charge is 0.497 e. The highest BCUT2D eigenvalue weighted by atomic mass is 16.5. The molecule has 1 aromatic heterocycles. The number of nitrogens with zero attached hydrogens (tertiary/aromatic N) is 2. The maximum absolute atomic E-state index is 12.0. The molecule has 0 fully saturated rings. The Morgan fingerprint density at radius 3 is 2.48 bits per heavy atom. The Balaban J connectivity index is 1.63. The summed E-state index contributed by atoms with van der Waals surface area (Å²) in [7, 11) is 1.62. The Morgan fingerprint density at radius 2 is 1.76 bits per heavy atom. The number of methoxy groups -OCH3 is 1. The molecular formula is C19H17N3O3. The summed E-state index contributed by atoms with van der Waals surface area (Å²) in [4.78, 5) is 20.4. The smallest absolute Gasteiger partial charge is 0.264 e. The molecule has 6 nitrogen and oxygen atoms in total. The van der Waals surface area contributed by atoms with Gasteiger partial charge in [-0.25, -0.2) is 9.97 Å². The van der Waals surface area contributed by atoms with Crippen LogP contribution in [-0.4, -0.2) is 29.6 Å². The molecule has 1 heterocycles. The summed E-state index contributed by atoms with van der Waals surface area (Å²) in [6.07, 6.45) is 1.60. The van der Waals surface area contributed by atoms with Gasteiger partial charge in [-0.1, -0.05) is 18.2 Å². The van der Waals surface area contributed by atoms with E-state index in [0.29, 0.717) is 11.4 Å². The van der Waals surface area contributed by atoms with Crippen molar-refractivity contribution in [3.05, 3.63) is 66.9 Å². The van der Waals surface area contributed by atoms with Gasteiger partial charge >= 0.3 is 0 Å². The molecule has 3 aromatic rings. The van der Waals surface area contributed by atoms with E-state index in [4.69, 9.17) is 9.47 Å². The molecule has 1 N–H and O–H groups in total. The van der Waals surface area contributed by atoms with E-state index >= 15 is 0 Å². The Labute approximate surface area is 145 Å². The molecule has 0 radical (unpaired) electrons. The van der Waals surface area contributed by atoms with Gasteiger partial charge in [0.1, 0.15) is 11.5 Å². The number of hydrogen-bond donors (Lipinski definition) is 1. The first kappa shape index (κ1) is 16.4. The molecule has 2 aromatic carbocycles. The van der Waals surface area contributed by atoms with Crippen LogP contribution in [0.15, 0.2) is 66.9 Å². The number of carbonyl (C=O) groups is 1. The van der Waals surface area contributed by atoms with Crippen LogP contribution in [0.3, 0.4) is 0 Å². The number of para-hydroxylation sites is 1. The van der Waals surface area contributed by atoms with Gasteiger partial charge < -0.3 is 9.47 Å². The van der Waals surface area contributed by atoms with Crippen molar-refractivity contribution in [2.75, 3.05) is 19.0 Å². The van der Waals surface area contributed by atoms with Gasteiger partial charge in [-0.2, -0.15) is 0 Å². The molecular weight excluding hydrogens is 318 g/mol. The Morgan fingerprint density at radius 1 is 1.00 bits per heavy atom. The average molecular weight is 335 g/mol. The van der Waals surface area contributed by atoms with Crippen molar-refractivity contribution in [1.29, 1.82) is 0 Å². The van der Waals surface area contributed by atoms with Crippen LogP contribution >= 0.6 is 0 Å². The number of hydrogen-bond acceptors (Lipinski definition) is 5. The molecule has 25 heavy (non-hydrogen) atoms. The van der Waals surface area contributed by atoms with Gasteiger partial charge in [-0.3, -0.25) is 10.1 Å². The molecule has 0 bridgehead atoms. The molecule has 0 saturated carbocycles. The number of amides is 1. The van der Waals surface area contributed by atoms with Crippen molar-refractivity contribution >= 4 is 11.9 Å². The molecule has 126 valence electrons. The van der Waals surface area contributed by atoms with Crippen LogP contribution in [0.1, 0.15) is 0 Å². The van der Waals surface area contributed by atoms with Gasteiger partial charge in [0.2, 0.25) is 5.95 Å². The van der Waals surface area contributed by atoms with E-state index in [0.717, 1.165) is 11.3 Å². The molecule has 1 amide bonds. The fraction of sp³-hybridized carbons (Fsp3) is 0.105. The highest BCUT2D eigenvalue weighted by Gasteiger charge is 2.07. The Bertz CT molecular complexity index is 836. The number of nitrogens with one attached hydrogen (secondary N) is 1. The predicted molar refractivity (Wildman–Crippen MR) is 94.6 cm³/mol. The van der Waals surface area contributed by atoms with Gasteiger partial charge in [-0.05, 0) is 42.5 Å². The second kappa shape index (κ2) is 7.92. The maximum atomic E-state index is 12.0. The van der Waals surface area contributed by atoms with E-state index in [2.05, 4.69) is 15.3 Å². The summed E-state index contributed by atoms with van der Waals surface area (Å²) in [5.74, 6) is 1.31. The number of anilines is 1. The monoisotopic (exact) mass is 335 g/mol. The topological polar surface area (TPSA) is 73.3 Å². The van der Waals surface area contributed by atoms with Crippen LogP contribution in [0.4, 0.5) is 5.95 Å². The lowest BCUT2D eigenvalue weighted by Crippen LogP contribution is -2.21. The number of carbonyl (C=O) groups excluding carboxylic acids is 1. The second-order valence-corrected chi connectivity index (χ2v) is 5.14. The molecule has 0 saturated heterocycles. The van der Waals surface area contributed by atoms with Crippen molar-refractivity contribution in [3.8, 4) is 22.8 Å². The first-order valence-electron chi connectivity index (χ1n) is 7.70. The van der Waals surface area contributed by atoms with Crippen LogP contribution in [0.25, 0.3) is 11.3 Å². The zero-order chi connectivity index (χ0) is 17.5. The van der Waals surface area contributed by atoms with E-state index in [-0.39, 0.29) is 18.5 Å². The van der Waals surface area contributed by atoms with Crippen molar-refractivity contribution < 1.29 is 14.3 Å². The second-order valence-electron chi connectivity index (χ2n) is 5.14. The van der Waals surface area contributed by atoms with Crippen LogP contribution in [0.2, 0.25) is 0 Å². The first-order valence-corrected chi connectivity index (χ1v) is 7.70. The minimum absolute atomic E-state index is 0.111. The van der Waals surface area contributed by atoms with E-state index in [1.807, 2.05) is 42.5 Å². The summed E-state index contributed by atoms with van der Waals surface area (Å²) in [6, 6.07) is 18.4. The third-order valence-electron chi connectivity index (χ3n) is 3.41. The summed E-state index contributed by atoms with van der Waals surface area (Å²) >= 11 is 0. The van der Waals surface area contributed by atoms with Crippen molar-refractivity contribution in [1.82, 2.24) is 9.97 Å². The maximum Gasteiger partial charge on any atom is 0.264 e. The SMILES string of the molecule is COc1ccc(-c2ccnc(NC(=O)COc3ccccc3)n2)cc1. The number of aromatic nitrogens is 2. The quantitative estimate of drug-likeness (QED) is 0.749. The number of benzene rings is 2. The van der Waals surface area contributed by atoms with Crippen molar-refractivity contribution in [3.63, 3.8) is 0 Å². The zero-order valence-corrected chi connectivity index (χ0v) is 13.7. The van der Waals surface area contributed by atoms with E-state index in [1.54, 1.807) is 31.5 Å². The Kier molecular flexibility index (Phi) is 5.21. The summed E-state index contributed by atoms with van der Waals surface area (Å²) in [5.41, 5.74) is 1.61. The number of ether oxygens (including phenoxy) is 2. The highest BCUT2D eigenvalue weighted by Crippen LogP contribution is 2.21. The molecule has 0 atom stereocenters.